The summed E-state index contributed by atoms with van der Waals surface area (Å²) in [5.41, 5.74) is 9.09. The van der Waals surface area contributed by atoms with Crippen LogP contribution in [0.1, 0.15) is 24.6 Å². The molecular formula is C14H19FN4. The summed E-state index contributed by atoms with van der Waals surface area (Å²) in [6.07, 6.45) is 0.956. The molecule has 0 unspecified atom stereocenters. The highest BCUT2D eigenvalue weighted by Crippen LogP contribution is 2.28. The number of halogens is 1. The fourth-order valence-corrected chi connectivity index (χ4v) is 1.96. The summed E-state index contributed by atoms with van der Waals surface area (Å²) < 4.78 is 15.1. The Morgan fingerprint density at radius 1 is 1.37 bits per heavy atom. The second-order valence-electron chi connectivity index (χ2n) is 4.66. The Bertz CT molecular complexity index is 589. The van der Waals surface area contributed by atoms with E-state index in [1.807, 2.05) is 18.5 Å². The van der Waals surface area contributed by atoms with E-state index in [2.05, 4.69) is 17.3 Å². The van der Waals surface area contributed by atoms with Crippen molar-refractivity contribution in [3.8, 4) is 0 Å². The highest BCUT2D eigenvalue weighted by molar-refractivity contribution is 5.72. The molecule has 0 atom stereocenters. The molecule has 4 nitrogen and oxygen atoms in total. The molecule has 0 spiro atoms. The summed E-state index contributed by atoms with van der Waals surface area (Å²) in [5.74, 6) is 0.456. The lowest BCUT2D eigenvalue weighted by Crippen LogP contribution is -2.06. The van der Waals surface area contributed by atoms with Crippen LogP contribution >= 0.6 is 0 Å². The van der Waals surface area contributed by atoms with Crippen molar-refractivity contribution in [1.29, 1.82) is 0 Å². The van der Waals surface area contributed by atoms with Crippen molar-refractivity contribution in [3.05, 3.63) is 35.3 Å². The maximum absolute atomic E-state index is 13.3. The van der Waals surface area contributed by atoms with Crippen molar-refractivity contribution in [2.24, 2.45) is 0 Å². The van der Waals surface area contributed by atoms with Crippen molar-refractivity contribution >= 4 is 17.2 Å². The Hall–Kier alpha value is -2.04. The molecule has 1 aromatic heterocycles. The lowest BCUT2D eigenvalue weighted by atomic mass is 10.2. The summed E-state index contributed by atoms with van der Waals surface area (Å²) in [7, 11) is 0. The highest BCUT2D eigenvalue weighted by Gasteiger charge is 2.13. The number of hydrogen-bond donors (Lipinski definition) is 2. The molecule has 19 heavy (non-hydrogen) atoms. The molecule has 1 aromatic carbocycles. The van der Waals surface area contributed by atoms with E-state index in [4.69, 9.17) is 5.73 Å². The summed E-state index contributed by atoms with van der Waals surface area (Å²) in [6, 6.07) is 4.65. The fraction of sp³-hybridized carbons (Fsp3) is 0.357. The molecule has 0 saturated heterocycles. The van der Waals surface area contributed by atoms with Gasteiger partial charge in [-0.25, -0.2) is 9.07 Å². The third kappa shape index (κ3) is 2.70. The van der Waals surface area contributed by atoms with Gasteiger partial charge in [0.15, 0.2) is 5.82 Å². The molecule has 5 heteroatoms. The van der Waals surface area contributed by atoms with E-state index in [-0.39, 0.29) is 5.82 Å². The number of nitrogens with zero attached hydrogens (tertiary/aromatic N) is 2. The molecule has 1 heterocycles. The monoisotopic (exact) mass is 262 g/mol. The van der Waals surface area contributed by atoms with Crippen molar-refractivity contribution in [3.63, 3.8) is 0 Å². The molecule has 2 rings (SSSR count). The van der Waals surface area contributed by atoms with Crippen LogP contribution in [0.2, 0.25) is 0 Å². The Kier molecular flexibility index (Phi) is 3.74. The minimum atomic E-state index is -0.273. The Morgan fingerprint density at radius 2 is 2.11 bits per heavy atom. The third-order valence-electron chi connectivity index (χ3n) is 3.06. The molecule has 0 radical (unpaired) electrons. The largest absolute Gasteiger partial charge is 0.394 e. The van der Waals surface area contributed by atoms with Gasteiger partial charge in [0.25, 0.3) is 0 Å². The first kappa shape index (κ1) is 13.4. The molecule has 2 aromatic rings. The van der Waals surface area contributed by atoms with Gasteiger partial charge in [-0.05, 0) is 38.0 Å². The van der Waals surface area contributed by atoms with Gasteiger partial charge in [0, 0.05) is 12.2 Å². The van der Waals surface area contributed by atoms with E-state index in [9.17, 15) is 4.39 Å². The van der Waals surface area contributed by atoms with Crippen LogP contribution in [0, 0.1) is 19.7 Å². The first-order valence-electron chi connectivity index (χ1n) is 6.39. The lowest BCUT2D eigenvalue weighted by molar-refractivity contribution is 0.605. The van der Waals surface area contributed by atoms with E-state index in [0.717, 1.165) is 30.0 Å². The lowest BCUT2D eigenvalue weighted by Gasteiger charge is -2.12. The standard InChI is InChI=1S/C14H19FN4/c1-4-7-19-14(13(16)10(3)18-19)17-12-8-11(15)6-5-9(12)2/h5-6,8,17H,4,7,16H2,1-3H3. The number of hydrogen-bond acceptors (Lipinski definition) is 3. The van der Waals surface area contributed by atoms with E-state index < -0.39 is 0 Å². The molecule has 0 fully saturated rings. The van der Waals surface area contributed by atoms with Gasteiger partial charge in [-0.3, -0.25) is 0 Å². The summed E-state index contributed by atoms with van der Waals surface area (Å²) in [4.78, 5) is 0. The van der Waals surface area contributed by atoms with Crippen LogP contribution in [-0.4, -0.2) is 9.78 Å². The Balaban J connectivity index is 2.39. The quantitative estimate of drug-likeness (QED) is 0.888. The number of aryl methyl sites for hydroxylation is 3. The maximum atomic E-state index is 13.3. The number of nitrogens with two attached hydrogens (primary N) is 1. The molecule has 0 aliphatic carbocycles. The van der Waals surface area contributed by atoms with Crippen molar-refractivity contribution in [2.75, 3.05) is 11.1 Å². The molecule has 0 amide bonds. The van der Waals surface area contributed by atoms with Gasteiger partial charge >= 0.3 is 0 Å². The molecule has 0 aliphatic rings. The third-order valence-corrected chi connectivity index (χ3v) is 3.06. The molecule has 0 saturated carbocycles. The molecular weight excluding hydrogens is 243 g/mol. The first-order chi connectivity index (χ1) is 9.02. The van der Waals surface area contributed by atoms with Crippen LogP contribution in [0.3, 0.4) is 0 Å². The van der Waals surface area contributed by atoms with Crippen molar-refractivity contribution in [1.82, 2.24) is 9.78 Å². The van der Waals surface area contributed by atoms with Crippen LogP contribution in [-0.2, 0) is 6.54 Å². The second-order valence-corrected chi connectivity index (χ2v) is 4.66. The average molecular weight is 262 g/mol. The van der Waals surface area contributed by atoms with Crippen LogP contribution < -0.4 is 11.1 Å². The van der Waals surface area contributed by atoms with Gasteiger partial charge in [0.1, 0.15) is 5.82 Å². The number of anilines is 3. The van der Waals surface area contributed by atoms with Gasteiger partial charge < -0.3 is 11.1 Å². The van der Waals surface area contributed by atoms with Crippen molar-refractivity contribution in [2.45, 2.75) is 33.7 Å². The van der Waals surface area contributed by atoms with E-state index in [1.54, 1.807) is 6.07 Å². The number of nitrogens with one attached hydrogen (secondary N) is 1. The van der Waals surface area contributed by atoms with Crippen LogP contribution in [0.4, 0.5) is 21.6 Å². The first-order valence-corrected chi connectivity index (χ1v) is 6.39. The zero-order valence-electron chi connectivity index (χ0n) is 11.5. The Morgan fingerprint density at radius 3 is 2.79 bits per heavy atom. The highest BCUT2D eigenvalue weighted by atomic mass is 19.1. The smallest absolute Gasteiger partial charge is 0.152 e. The van der Waals surface area contributed by atoms with Crippen LogP contribution in [0.25, 0.3) is 0 Å². The van der Waals surface area contributed by atoms with E-state index in [1.165, 1.54) is 12.1 Å². The van der Waals surface area contributed by atoms with E-state index in [0.29, 0.717) is 11.4 Å². The number of nitrogen functional groups attached to an aromatic ring is 1. The fourth-order valence-electron chi connectivity index (χ4n) is 1.96. The zero-order valence-corrected chi connectivity index (χ0v) is 11.5. The summed E-state index contributed by atoms with van der Waals surface area (Å²) in [6.45, 7) is 6.63. The number of aromatic nitrogens is 2. The van der Waals surface area contributed by atoms with Gasteiger partial charge in [-0.2, -0.15) is 5.10 Å². The minimum Gasteiger partial charge on any atom is -0.394 e. The van der Waals surface area contributed by atoms with Crippen LogP contribution in [0.15, 0.2) is 18.2 Å². The second kappa shape index (κ2) is 5.30. The van der Waals surface area contributed by atoms with Gasteiger partial charge in [0.2, 0.25) is 0 Å². The molecule has 3 N–H and O–H groups in total. The Labute approximate surface area is 112 Å². The molecule has 0 bridgehead atoms. The predicted octanol–water partition coefficient (Wildman–Crippen LogP) is 3.37. The van der Waals surface area contributed by atoms with Crippen LogP contribution in [0.5, 0.6) is 0 Å². The summed E-state index contributed by atoms with van der Waals surface area (Å²) in [5, 5.41) is 7.57. The topological polar surface area (TPSA) is 55.9 Å². The average Bonchev–Trinajstić information content (AvgIpc) is 2.62. The minimum absolute atomic E-state index is 0.273. The SMILES string of the molecule is CCCn1nc(C)c(N)c1Nc1cc(F)ccc1C. The van der Waals surface area contributed by atoms with Gasteiger partial charge in [0.05, 0.1) is 11.4 Å². The number of benzene rings is 1. The molecule has 0 aliphatic heterocycles. The van der Waals surface area contributed by atoms with E-state index >= 15 is 0 Å². The zero-order chi connectivity index (χ0) is 14.0. The number of rotatable bonds is 4. The normalized spacial score (nSPS) is 10.7. The van der Waals surface area contributed by atoms with Crippen molar-refractivity contribution < 1.29 is 4.39 Å². The van der Waals surface area contributed by atoms with Gasteiger partial charge in [-0.1, -0.05) is 13.0 Å². The maximum Gasteiger partial charge on any atom is 0.152 e. The summed E-state index contributed by atoms with van der Waals surface area (Å²) >= 11 is 0. The predicted molar refractivity (Wildman–Crippen MR) is 76.1 cm³/mol. The molecule has 102 valence electrons. The van der Waals surface area contributed by atoms with Gasteiger partial charge in [-0.15, -0.1) is 0 Å².